The molecule has 0 saturated carbocycles. The van der Waals surface area contributed by atoms with Crippen molar-refractivity contribution in [3.63, 3.8) is 0 Å². The van der Waals surface area contributed by atoms with Gasteiger partial charge in [0.05, 0.1) is 26.9 Å². The van der Waals surface area contributed by atoms with Crippen LogP contribution in [0.1, 0.15) is 41.0 Å². The summed E-state index contributed by atoms with van der Waals surface area (Å²) < 4.78 is 19.1. The average molecular weight is 404 g/mol. The lowest BCUT2D eigenvalue weighted by Crippen LogP contribution is -2.50. The molecular formula is C20H29BN2O4S. The summed E-state index contributed by atoms with van der Waals surface area (Å²) >= 11 is 1.56. The maximum atomic E-state index is 11.5. The number of amides is 1. The molecule has 1 amide bonds. The fourth-order valence-electron chi connectivity index (χ4n) is 3.10. The van der Waals surface area contributed by atoms with Gasteiger partial charge in [-0.1, -0.05) is 0 Å². The zero-order valence-corrected chi connectivity index (χ0v) is 18.3. The number of thiazole rings is 1. The minimum absolute atomic E-state index is 0.0655. The van der Waals surface area contributed by atoms with Gasteiger partial charge in [0.15, 0.2) is 0 Å². The molecule has 1 saturated heterocycles. The van der Waals surface area contributed by atoms with Gasteiger partial charge < -0.3 is 19.4 Å². The highest BCUT2D eigenvalue weighted by molar-refractivity contribution is 7.17. The molecule has 2 heterocycles. The Bertz CT molecular complexity index is 852. The van der Waals surface area contributed by atoms with Gasteiger partial charge in [0.25, 0.3) is 0 Å². The third-order valence-electron chi connectivity index (χ3n) is 6.00. The Hall–Kier alpha value is -1.64. The van der Waals surface area contributed by atoms with Crippen molar-refractivity contribution in [3.05, 3.63) is 17.6 Å². The summed E-state index contributed by atoms with van der Waals surface area (Å²) in [5.41, 5.74) is 2.83. The van der Waals surface area contributed by atoms with Gasteiger partial charge in [0, 0.05) is 26.0 Å². The number of nitrogens with one attached hydrogen (secondary N) is 1. The van der Waals surface area contributed by atoms with E-state index in [1.165, 1.54) is 0 Å². The fourth-order valence-corrected chi connectivity index (χ4v) is 3.83. The average Bonchev–Trinajstić information content (AvgIpc) is 3.28. The van der Waals surface area contributed by atoms with Crippen LogP contribution in [0, 0.1) is 5.92 Å². The Kier molecular flexibility index (Phi) is 6.03. The van der Waals surface area contributed by atoms with E-state index < -0.39 is 11.2 Å². The molecule has 2 aromatic rings. The summed E-state index contributed by atoms with van der Waals surface area (Å²) in [7, 11) is 2.13. The fraction of sp³-hybridized carbons (Fsp3) is 0.600. The molecule has 6 nitrogen and oxygen atoms in total. The predicted octanol–water partition coefficient (Wildman–Crippen LogP) is 2.40. The van der Waals surface area contributed by atoms with Crippen LogP contribution in [0.3, 0.4) is 0 Å². The lowest BCUT2D eigenvalue weighted by Gasteiger charge is -2.40. The summed E-state index contributed by atoms with van der Waals surface area (Å²) in [6, 6.07) is 4.07. The SMILES string of the molecule is COC(C)(C)C(C)(C)OBc1cc(O[C@H](C)[C@H]2CNC(=O)C2)c2scnc2c1. The highest BCUT2D eigenvalue weighted by Gasteiger charge is 2.38. The summed E-state index contributed by atoms with van der Waals surface area (Å²) in [5.74, 6) is 1.07. The Labute approximate surface area is 171 Å². The van der Waals surface area contributed by atoms with Gasteiger partial charge >= 0.3 is 7.48 Å². The molecule has 1 aliphatic heterocycles. The van der Waals surface area contributed by atoms with Crippen LogP contribution in [0.5, 0.6) is 5.75 Å². The van der Waals surface area contributed by atoms with E-state index in [2.05, 4.69) is 10.3 Å². The van der Waals surface area contributed by atoms with Crippen molar-refractivity contribution in [1.29, 1.82) is 0 Å². The van der Waals surface area contributed by atoms with Crippen LogP contribution >= 0.6 is 11.3 Å². The van der Waals surface area contributed by atoms with E-state index in [4.69, 9.17) is 14.1 Å². The molecule has 1 aromatic carbocycles. The number of carbonyl (C=O) groups excluding carboxylic acids is 1. The lowest BCUT2D eigenvalue weighted by atomic mass is 9.82. The van der Waals surface area contributed by atoms with Gasteiger partial charge in [-0.3, -0.25) is 4.79 Å². The quantitative estimate of drug-likeness (QED) is 0.685. The molecule has 3 rings (SSSR count). The van der Waals surface area contributed by atoms with E-state index in [0.717, 1.165) is 21.4 Å². The first kappa shape index (κ1) is 21.1. The molecule has 1 aliphatic rings. The highest BCUT2D eigenvalue weighted by atomic mass is 32.1. The maximum absolute atomic E-state index is 11.5. The van der Waals surface area contributed by atoms with Gasteiger partial charge in [-0.05, 0) is 52.2 Å². The van der Waals surface area contributed by atoms with Gasteiger partial charge in [-0.15, -0.1) is 11.3 Å². The molecule has 28 heavy (non-hydrogen) atoms. The molecule has 1 fully saturated rings. The number of benzene rings is 1. The Balaban J connectivity index is 1.78. The second-order valence-electron chi connectivity index (χ2n) is 8.40. The Morgan fingerprint density at radius 1 is 1.29 bits per heavy atom. The van der Waals surface area contributed by atoms with Crippen molar-refractivity contribution in [2.75, 3.05) is 13.7 Å². The first-order valence-corrected chi connectivity index (χ1v) is 10.5. The summed E-state index contributed by atoms with van der Waals surface area (Å²) in [6.07, 6.45) is 0.445. The Morgan fingerprint density at radius 3 is 2.68 bits per heavy atom. The van der Waals surface area contributed by atoms with Crippen molar-refractivity contribution < 1.29 is 18.9 Å². The third kappa shape index (κ3) is 4.34. The minimum Gasteiger partial charge on any atom is -0.489 e. The monoisotopic (exact) mass is 404 g/mol. The highest BCUT2D eigenvalue weighted by Crippen LogP contribution is 2.31. The number of hydrogen-bond donors (Lipinski definition) is 1. The van der Waals surface area contributed by atoms with Crippen LogP contribution in [-0.2, 0) is 14.2 Å². The van der Waals surface area contributed by atoms with Crippen molar-refractivity contribution >= 4 is 40.4 Å². The topological polar surface area (TPSA) is 69.7 Å². The van der Waals surface area contributed by atoms with E-state index in [1.807, 2.05) is 52.3 Å². The smallest absolute Gasteiger partial charge is 0.309 e. The van der Waals surface area contributed by atoms with Crippen LogP contribution in [0.4, 0.5) is 0 Å². The van der Waals surface area contributed by atoms with E-state index in [-0.39, 0.29) is 17.9 Å². The number of aromatic nitrogens is 1. The number of carbonyl (C=O) groups is 1. The zero-order chi connectivity index (χ0) is 20.5. The van der Waals surface area contributed by atoms with E-state index in [9.17, 15) is 4.79 Å². The molecule has 0 unspecified atom stereocenters. The third-order valence-corrected chi connectivity index (χ3v) is 6.86. The molecular weight excluding hydrogens is 375 g/mol. The van der Waals surface area contributed by atoms with Crippen LogP contribution in [0.25, 0.3) is 10.2 Å². The number of nitrogens with zero attached hydrogens (tertiary/aromatic N) is 1. The first-order valence-electron chi connectivity index (χ1n) is 9.61. The second-order valence-corrected chi connectivity index (χ2v) is 9.25. The van der Waals surface area contributed by atoms with Crippen molar-refractivity contribution in [1.82, 2.24) is 10.3 Å². The molecule has 1 N–H and O–H groups in total. The van der Waals surface area contributed by atoms with Gasteiger partial charge in [-0.25, -0.2) is 4.98 Å². The lowest BCUT2D eigenvalue weighted by molar-refractivity contribution is -0.119. The van der Waals surface area contributed by atoms with E-state index in [1.54, 1.807) is 18.4 Å². The Morgan fingerprint density at radius 2 is 2.04 bits per heavy atom. The molecule has 0 bridgehead atoms. The molecule has 2 atom stereocenters. The molecule has 0 aliphatic carbocycles. The molecule has 8 heteroatoms. The first-order chi connectivity index (χ1) is 13.1. The maximum Gasteiger partial charge on any atom is 0.309 e. The number of ether oxygens (including phenoxy) is 2. The van der Waals surface area contributed by atoms with Gasteiger partial charge in [0.1, 0.15) is 11.9 Å². The molecule has 1 aromatic heterocycles. The summed E-state index contributed by atoms with van der Waals surface area (Å²) in [4.78, 5) is 16.0. The van der Waals surface area contributed by atoms with Crippen LogP contribution in [0.15, 0.2) is 17.6 Å². The normalized spacial score (nSPS) is 18.9. The van der Waals surface area contributed by atoms with Crippen molar-refractivity contribution in [2.24, 2.45) is 5.92 Å². The van der Waals surface area contributed by atoms with Crippen LogP contribution in [-0.4, -0.2) is 49.3 Å². The number of fused-ring (bicyclic) bond motifs is 1. The largest absolute Gasteiger partial charge is 0.489 e. The van der Waals surface area contributed by atoms with Gasteiger partial charge in [-0.2, -0.15) is 0 Å². The van der Waals surface area contributed by atoms with Crippen LogP contribution < -0.4 is 15.5 Å². The predicted molar refractivity (Wildman–Crippen MR) is 114 cm³/mol. The standard InChI is InChI=1S/C20H29BN2O4S/c1-12(13-7-17(24)22-10-13)26-16-9-14(8-15-18(16)28-11-23-15)21-27-20(4,5)19(2,3)25-6/h8-9,11-13,21H,7,10H2,1-6H3,(H,22,24)/t12-,13-/m1/s1. The summed E-state index contributed by atoms with van der Waals surface area (Å²) in [5, 5.41) is 2.88. The van der Waals surface area contributed by atoms with Gasteiger partial charge in [0.2, 0.25) is 5.91 Å². The number of methoxy groups -OCH3 is 1. The van der Waals surface area contributed by atoms with Crippen molar-refractivity contribution in [3.8, 4) is 5.75 Å². The van der Waals surface area contributed by atoms with E-state index >= 15 is 0 Å². The van der Waals surface area contributed by atoms with Crippen LogP contribution in [0.2, 0.25) is 0 Å². The minimum atomic E-state index is -0.469. The molecule has 0 spiro atoms. The number of hydrogen-bond acceptors (Lipinski definition) is 6. The zero-order valence-electron chi connectivity index (χ0n) is 17.5. The number of rotatable bonds is 8. The second kappa shape index (κ2) is 8.01. The van der Waals surface area contributed by atoms with Crippen molar-refractivity contribution in [2.45, 2.75) is 58.3 Å². The van der Waals surface area contributed by atoms with E-state index in [0.29, 0.717) is 20.4 Å². The molecule has 0 radical (unpaired) electrons. The summed E-state index contributed by atoms with van der Waals surface area (Å²) in [6.45, 7) is 10.8. The molecule has 152 valence electrons.